The van der Waals surface area contributed by atoms with Crippen LogP contribution in [0.3, 0.4) is 0 Å². The third-order valence-electron chi connectivity index (χ3n) is 1.21. The zero-order valence-electron chi connectivity index (χ0n) is 5.49. The van der Waals surface area contributed by atoms with Gasteiger partial charge in [-0.2, -0.15) is 0 Å². The molecule has 0 saturated carbocycles. The summed E-state index contributed by atoms with van der Waals surface area (Å²) in [7, 11) is 1.67. The van der Waals surface area contributed by atoms with Crippen molar-refractivity contribution < 1.29 is 0 Å². The predicted octanol–water partition coefficient (Wildman–Crippen LogP) is 0.0416. The van der Waals surface area contributed by atoms with Gasteiger partial charge in [-0.25, -0.2) is 0 Å². The molecular formula is C6H10N2P2. The highest BCUT2D eigenvalue weighted by Gasteiger charge is 2.00. The monoisotopic (exact) mass is 172 g/mol. The van der Waals surface area contributed by atoms with E-state index in [2.05, 4.69) is 9.24 Å². The second kappa shape index (κ2) is 3.41. The lowest BCUT2D eigenvalue weighted by molar-refractivity contribution is 1.76. The minimum absolute atomic E-state index is 0.937. The van der Waals surface area contributed by atoms with Gasteiger partial charge in [0.15, 0.2) is 0 Å². The molecule has 1 aromatic rings. The third kappa shape index (κ3) is 1.74. The normalized spacial score (nSPS) is 10.4. The van der Waals surface area contributed by atoms with E-state index in [9.17, 15) is 0 Å². The van der Waals surface area contributed by atoms with Gasteiger partial charge in [0.2, 0.25) is 0 Å². The fourth-order valence-electron chi connectivity index (χ4n) is 0.723. The second-order valence-electron chi connectivity index (χ2n) is 1.97. The van der Waals surface area contributed by atoms with Crippen LogP contribution >= 0.6 is 17.5 Å². The molecule has 0 aliphatic carbocycles. The minimum atomic E-state index is -0.937. The Morgan fingerprint density at radius 1 is 1.20 bits per heavy atom. The van der Waals surface area contributed by atoms with E-state index in [1.54, 1.807) is 0 Å². The van der Waals surface area contributed by atoms with Crippen LogP contribution in [0.5, 0.6) is 0 Å². The first-order valence-corrected chi connectivity index (χ1v) is 4.91. The van der Waals surface area contributed by atoms with Crippen molar-refractivity contribution in [1.82, 2.24) is 0 Å². The summed E-state index contributed by atoms with van der Waals surface area (Å²) in [6.45, 7) is 0. The van der Waals surface area contributed by atoms with Gasteiger partial charge in [-0.05, 0) is 5.30 Å². The molecule has 4 N–H and O–H groups in total. The first-order valence-electron chi connectivity index (χ1n) is 2.86. The molecule has 1 aromatic carbocycles. The molecule has 0 heterocycles. The quantitative estimate of drug-likeness (QED) is 0.587. The topological polar surface area (TPSA) is 52.0 Å². The minimum Gasteiger partial charge on any atom is -0.294 e. The van der Waals surface area contributed by atoms with E-state index in [0.29, 0.717) is 0 Å². The molecule has 1 atom stereocenters. The Bertz CT molecular complexity index is 225. The largest absolute Gasteiger partial charge is 0.294 e. The van der Waals surface area contributed by atoms with Crippen LogP contribution < -0.4 is 21.6 Å². The Kier molecular flexibility index (Phi) is 2.76. The van der Waals surface area contributed by atoms with Crippen LogP contribution in [0.4, 0.5) is 0 Å². The van der Waals surface area contributed by atoms with E-state index < -0.39 is 8.22 Å². The molecule has 0 saturated heterocycles. The molecule has 0 amide bonds. The average Bonchev–Trinajstić information content (AvgIpc) is 1.88. The van der Waals surface area contributed by atoms with Gasteiger partial charge in [-0.3, -0.25) is 11.0 Å². The van der Waals surface area contributed by atoms with E-state index in [-0.39, 0.29) is 0 Å². The number of hydrogen-bond acceptors (Lipinski definition) is 2. The fraction of sp³-hybridized carbons (Fsp3) is 0. The lowest BCUT2D eigenvalue weighted by Crippen LogP contribution is -2.23. The first-order chi connectivity index (χ1) is 4.72. The van der Waals surface area contributed by atoms with E-state index in [4.69, 9.17) is 11.0 Å². The zero-order chi connectivity index (χ0) is 7.56. The summed E-state index contributed by atoms with van der Waals surface area (Å²) in [5.41, 5.74) is 11.1. The number of benzene rings is 1. The van der Waals surface area contributed by atoms with Crippen molar-refractivity contribution in [2.75, 3.05) is 0 Å². The van der Waals surface area contributed by atoms with Crippen LogP contribution in [0.2, 0.25) is 0 Å². The standard InChI is InChI=1S/C6H10N2P2/c7-10(8)6-4-2-1-3-5(6)9/h1-4H,7-9H2. The maximum atomic E-state index is 5.54. The van der Waals surface area contributed by atoms with Gasteiger partial charge in [0.25, 0.3) is 0 Å². The number of nitrogens with two attached hydrogens (primary N) is 2. The van der Waals surface area contributed by atoms with Crippen molar-refractivity contribution >= 4 is 28.1 Å². The molecule has 0 fully saturated rings. The maximum absolute atomic E-state index is 5.54. The van der Waals surface area contributed by atoms with Crippen molar-refractivity contribution in [2.45, 2.75) is 0 Å². The van der Waals surface area contributed by atoms with Crippen molar-refractivity contribution in [2.24, 2.45) is 11.0 Å². The first kappa shape index (κ1) is 8.10. The molecule has 0 spiro atoms. The molecule has 10 heavy (non-hydrogen) atoms. The van der Waals surface area contributed by atoms with Gasteiger partial charge in [0.05, 0.1) is 8.22 Å². The Hall–Kier alpha value is 0. The summed E-state index contributed by atoms with van der Waals surface area (Å²) in [5.74, 6) is 0. The molecule has 0 aromatic heterocycles. The molecule has 2 nitrogen and oxygen atoms in total. The number of hydrogen-bond donors (Lipinski definition) is 2. The van der Waals surface area contributed by atoms with E-state index in [0.717, 1.165) is 10.6 Å². The third-order valence-corrected chi connectivity index (χ3v) is 2.92. The van der Waals surface area contributed by atoms with Crippen LogP contribution in [-0.2, 0) is 0 Å². The van der Waals surface area contributed by atoms with Gasteiger partial charge in [-0.1, -0.05) is 24.3 Å². The van der Waals surface area contributed by atoms with E-state index >= 15 is 0 Å². The zero-order valence-corrected chi connectivity index (χ0v) is 7.54. The van der Waals surface area contributed by atoms with E-state index in [1.807, 2.05) is 24.3 Å². The van der Waals surface area contributed by atoms with E-state index in [1.165, 1.54) is 0 Å². The Morgan fingerprint density at radius 2 is 1.80 bits per heavy atom. The molecule has 0 aliphatic heterocycles. The van der Waals surface area contributed by atoms with Crippen molar-refractivity contribution in [1.29, 1.82) is 0 Å². The summed E-state index contributed by atoms with van der Waals surface area (Å²) in [4.78, 5) is 0. The van der Waals surface area contributed by atoms with Crippen molar-refractivity contribution in [3.63, 3.8) is 0 Å². The summed E-state index contributed by atoms with van der Waals surface area (Å²) in [6.07, 6.45) is 0. The lowest BCUT2D eigenvalue weighted by Gasteiger charge is -2.06. The fourth-order valence-corrected chi connectivity index (χ4v) is 2.01. The van der Waals surface area contributed by atoms with Gasteiger partial charge in [0.1, 0.15) is 0 Å². The Balaban J connectivity index is 3.03. The Morgan fingerprint density at radius 3 is 2.20 bits per heavy atom. The average molecular weight is 172 g/mol. The predicted molar refractivity (Wildman–Crippen MR) is 50.7 cm³/mol. The van der Waals surface area contributed by atoms with Gasteiger partial charge in [0, 0.05) is 5.30 Å². The summed E-state index contributed by atoms with van der Waals surface area (Å²) < 4.78 is 0. The second-order valence-corrected chi connectivity index (χ2v) is 3.88. The summed E-state index contributed by atoms with van der Waals surface area (Å²) >= 11 is 0. The molecular weight excluding hydrogens is 162 g/mol. The summed E-state index contributed by atoms with van der Waals surface area (Å²) in [5, 5.41) is 2.14. The smallest absolute Gasteiger partial charge is 0.0618 e. The highest BCUT2D eigenvalue weighted by molar-refractivity contribution is 7.62. The van der Waals surface area contributed by atoms with Crippen LogP contribution in [0, 0.1) is 0 Å². The van der Waals surface area contributed by atoms with Crippen LogP contribution in [0.1, 0.15) is 0 Å². The molecule has 4 heteroatoms. The Labute approximate surface area is 64.1 Å². The molecule has 0 bridgehead atoms. The molecule has 54 valence electrons. The SMILES string of the molecule is NP(N)c1ccccc1P. The maximum Gasteiger partial charge on any atom is 0.0618 e. The molecule has 0 aliphatic rings. The van der Waals surface area contributed by atoms with Crippen LogP contribution in [0.15, 0.2) is 24.3 Å². The van der Waals surface area contributed by atoms with Crippen LogP contribution in [0.25, 0.3) is 0 Å². The highest BCUT2D eigenvalue weighted by atomic mass is 31.1. The molecule has 1 unspecified atom stereocenters. The van der Waals surface area contributed by atoms with Gasteiger partial charge < -0.3 is 0 Å². The van der Waals surface area contributed by atoms with Gasteiger partial charge >= 0.3 is 0 Å². The summed E-state index contributed by atoms with van der Waals surface area (Å²) in [6, 6.07) is 7.84. The van der Waals surface area contributed by atoms with Crippen molar-refractivity contribution in [3.05, 3.63) is 24.3 Å². The molecule has 1 rings (SSSR count). The van der Waals surface area contributed by atoms with Crippen molar-refractivity contribution in [3.8, 4) is 0 Å². The van der Waals surface area contributed by atoms with Crippen LogP contribution in [-0.4, -0.2) is 0 Å². The molecule has 0 radical (unpaired) electrons. The van der Waals surface area contributed by atoms with Gasteiger partial charge in [-0.15, -0.1) is 9.24 Å². The lowest BCUT2D eigenvalue weighted by atomic mass is 10.4. The number of rotatable bonds is 1. The highest BCUT2D eigenvalue weighted by Crippen LogP contribution is 2.11.